The van der Waals surface area contributed by atoms with E-state index in [4.69, 9.17) is 10.7 Å². The fraction of sp³-hybridized carbons (Fsp3) is 0.312. The minimum Gasteiger partial charge on any atom is -0.313 e. The molecule has 5 heteroatoms. The molecule has 0 unspecified atom stereocenters. The molecule has 0 spiro atoms. The van der Waals surface area contributed by atoms with Gasteiger partial charge in [-0.1, -0.05) is 12.1 Å². The second-order valence-corrected chi connectivity index (χ2v) is 6.27. The second-order valence-electron chi connectivity index (χ2n) is 5.18. The Morgan fingerprint density at radius 2 is 2.00 bits per heavy atom. The number of benzene rings is 1. The lowest BCUT2D eigenvalue weighted by atomic mass is 10.0. The van der Waals surface area contributed by atoms with Crippen molar-refractivity contribution >= 4 is 17.1 Å². The topological polar surface area (TPSA) is 69.6 Å². The fourth-order valence-corrected chi connectivity index (χ4v) is 3.78. The number of nitriles is 1. The highest BCUT2D eigenvalue weighted by Gasteiger charge is 2.18. The minimum atomic E-state index is -0.0100. The third-order valence-electron chi connectivity index (χ3n) is 3.82. The Morgan fingerprint density at radius 1 is 1.29 bits per heavy atom. The molecule has 0 atom stereocenters. The predicted octanol–water partition coefficient (Wildman–Crippen LogP) is 2.66. The van der Waals surface area contributed by atoms with Gasteiger partial charge in [0.15, 0.2) is 10.6 Å². The number of carbonyl (C=O) groups is 1. The summed E-state index contributed by atoms with van der Waals surface area (Å²) in [5.74, 6) is -0.0100. The van der Waals surface area contributed by atoms with Gasteiger partial charge in [0.1, 0.15) is 0 Å². The van der Waals surface area contributed by atoms with Crippen molar-refractivity contribution in [3.05, 3.63) is 50.8 Å². The lowest BCUT2D eigenvalue weighted by molar-refractivity contribution is 0.0969. The molecule has 0 aliphatic heterocycles. The molecule has 0 saturated heterocycles. The molecule has 1 heterocycles. The van der Waals surface area contributed by atoms with E-state index in [1.54, 1.807) is 24.3 Å². The first-order valence-electron chi connectivity index (χ1n) is 6.98. The van der Waals surface area contributed by atoms with Crippen LogP contribution in [0.4, 0.5) is 0 Å². The number of aryl methyl sites for hydroxylation is 1. The summed E-state index contributed by atoms with van der Waals surface area (Å²) in [7, 11) is 0. The van der Waals surface area contributed by atoms with E-state index in [0.29, 0.717) is 15.9 Å². The molecule has 0 fully saturated rings. The number of rotatable bonds is 3. The lowest BCUT2D eigenvalue weighted by Gasteiger charge is -2.14. The van der Waals surface area contributed by atoms with E-state index in [9.17, 15) is 4.79 Å². The van der Waals surface area contributed by atoms with Gasteiger partial charge in [-0.3, -0.25) is 10.2 Å². The molecular formula is C16H15N3OS. The lowest BCUT2D eigenvalue weighted by Crippen LogP contribution is -2.22. The smallest absolute Gasteiger partial charge is 0.182 e. The molecule has 1 aliphatic rings. The first-order chi connectivity index (χ1) is 10.2. The fourth-order valence-electron chi connectivity index (χ4n) is 2.68. The van der Waals surface area contributed by atoms with Crippen LogP contribution < -0.4 is 4.80 Å². The zero-order valence-corrected chi connectivity index (χ0v) is 12.4. The number of nitrogens with one attached hydrogen (secondary N) is 1. The van der Waals surface area contributed by atoms with Crippen LogP contribution in [0.1, 0.15) is 39.3 Å². The van der Waals surface area contributed by atoms with Crippen molar-refractivity contribution in [3.8, 4) is 6.07 Å². The van der Waals surface area contributed by atoms with Crippen molar-refractivity contribution < 1.29 is 4.79 Å². The molecule has 1 aromatic heterocycles. The molecule has 0 radical (unpaired) electrons. The largest absolute Gasteiger partial charge is 0.313 e. The zero-order valence-electron chi connectivity index (χ0n) is 11.6. The van der Waals surface area contributed by atoms with E-state index in [1.165, 1.54) is 28.3 Å². The van der Waals surface area contributed by atoms with Gasteiger partial charge in [0.05, 0.1) is 18.2 Å². The van der Waals surface area contributed by atoms with Crippen LogP contribution in [-0.4, -0.2) is 10.4 Å². The Labute approximate surface area is 126 Å². The van der Waals surface area contributed by atoms with E-state index in [2.05, 4.69) is 0 Å². The number of nitrogens with zero attached hydrogens (tertiary/aromatic N) is 2. The first-order valence-corrected chi connectivity index (χ1v) is 7.80. The molecule has 1 aliphatic carbocycles. The maximum Gasteiger partial charge on any atom is 0.182 e. The Balaban J connectivity index is 1.86. The third-order valence-corrected chi connectivity index (χ3v) is 4.92. The monoisotopic (exact) mass is 297 g/mol. The van der Waals surface area contributed by atoms with Crippen LogP contribution in [0.25, 0.3) is 0 Å². The summed E-state index contributed by atoms with van der Waals surface area (Å²) in [5.41, 5.74) is 2.31. The number of carbonyl (C=O) groups excluding carboxylic acids is 1. The standard InChI is InChI=1S/C16H15N3OS/c17-9-11-5-7-12(8-6-11)14(20)10-19-13-3-1-2-4-15(13)21-16(19)18/h5-8,18H,1-4,10H2. The quantitative estimate of drug-likeness (QED) is 0.885. The van der Waals surface area contributed by atoms with Crippen LogP contribution in [-0.2, 0) is 19.4 Å². The van der Waals surface area contributed by atoms with Crippen LogP contribution in [0.3, 0.4) is 0 Å². The molecule has 0 amide bonds. The molecule has 3 rings (SSSR count). The summed E-state index contributed by atoms with van der Waals surface area (Å²) in [6.45, 7) is 0.219. The van der Waals surface area contributed by atoms with Gasteiger partial charge >= 0.3 is 0 Å². The van der Waals surface area contributed by atoms with Gasteiger partial charge in [0, 0.05) is 16.1 Å². The van der Waals surface area contributed by atoms with E-state index in [0.717, 1.165) is 19.3 Å². The molecule has 4 nitrogen and oxygen atoms in total. The average molecular weight is 297 g/mol. The highest BCUT2D eigenvalue weighted by Crippen LogP contribution is 2.23. The van der Waals surface area contributed by atoms with E-state index >= 15 is 0 Å². The number of thiazole rings is 1. The Kier molecular flexibility index (Phi) is 3.72. The van der Waals surface area contributed by atoms with Gasteiger partial charge in [0.25, 0.3) is 0 Å². The van der Waals surface area contributed by atoms with Gasteiger partial charge < -0.3 is 4.57 Å². The molecule has 0 bridgehead atoms. The summed E-state index contributed by atoms with van der Waals surface area (Å²) in [6.07, 6.45) is 4.31. The number of hydrogen-bond donors (Lipinski definition) is 1. The van der Waals surface area contributed by atoms with E-state index in [1.807, 2.05) is 10.6 Å². The van der Waals surface area contributed by atoms with Gasteiger partial charge in [-0.05, 0) is 37.8 Å². The molecule has 1 aromatic carbocycles. The van der Waals surface area contributed by atoms with Crippen molar-refractivity contribution in [1.82, 2.24) is 4.57 Å². The van der Waals surface area contributed by atoms with Gasteiger partial charge in [0.2, 0.25) is 0 Å². The number of fused-ring (bicyclic) bond motifs is 1. The van der Waals surface area contributed by atoms with Crippen LogP contribution in [0.15, 0.2) is 24.3 Å². The number of Topliss-reactive ketones (excluding diaryl/α,β-unsaturated/α-hetero) is 1. The Morgan fingerprint density at radius 3 is 2.71 bits per heavy atom. The summed E-state index contributed by atoms with van der Waals surface area (Å²) in [5, 5.41) is 16.9. The van der Waals surface area contributed by atoms with Crippen molar-refractivity contribution in [2.45, 2.75) is 32.2 Å². The van der Waals surface area contributed by atoms with Gasteiger partial charge in [-0.2, -0.15) is 5.26 Å². The molecule has 21 heavy (non-hydrogen) atoms. The van der Waals surface area contributed by atoms with Crippen molar-refractivity contribution in [3.63, 3.8) is 0 Å². The normalized spacial score (nSPS) is 13.5. The molecule has 1 N–H and O–H groups in total. The predicted molar refractivity (Wildman–Crippen MR) is 80.3 cm³/mol. The molecule has 0 saturated carbocycles. The second kappa shape index (κ2) is 5.66. The number of ketones is 1. The van der Waals surface area contributed by atoms with Gasteiger partial charge in [-0.15, -0.1) is 11.3 Å². The highest BCUT2D eigenvalue weighted by atomic mass is 32.1. The molecular weight excluding hydrogens is 282 g/mol. The molecule has 2 aromatic rings. The van der Waals surface area contributed by atoms with E-state index < -0.39 is 0 Å². The maximum atomic E-state index is 12.4. The Hall–Kier alpha value is -2.19. The molecule has 106 valence electrons. The minimum absolute atomic E-state index is 0.0100. The van der Waals surface area contributed by atoms with Crippen LogP contribution in [0.5, 0.6) is 0 Å². The number of hydrogen-bond acceptors (Lipinski definition) is 4. The third kappa shape index (κ3) is 2.67. The summed E-state index contributed by atoms with van der Waals surface area (Å²) < 4.78 is 1.85. The van der Waals surface area contributed by atoms with Crippen molar-refractivity contribution in [2.24, 2.45) is 0 Å². The Bertz CT molecular complexity index is 777. The first kappa shape index (κ1) is 13.8. The summed E-state index contributed by atoms with van der Waals surface area (Å²) in [4.78, 5) is 14.1. The summed E-state index contributed by atoms with van der Waals surface area (Å²) in [6, 6.07) is 8.72. The van der Waals surface area contributed by atoms with Crippen molar-refractivity contribution in [1.29, 1.82) is 10.7 Å². The van der Waals surface area contributed by atoms with Crippen LogP contribution in [0.2, 0.25) is 0 Å². The van der Waals surface area contributed by atoms with Crippen molar-refractivity contribution in [2.75, 3.05) is 0 Å². The average Bonchev–Trinajstić information content (AvgIpc) is 2.83. The number of aromatic nitrogens is 1. The SMILES string of the molecule is N#Cc1ccc(C(=O)Cn2c3c(sc2=N)CCCC3)cc1. The van der Waals surface area contributed by atoms with E-state index in [-0.39, 0.29) is 12.3 Å². The van der Waals surface area contributed by atoms with Crippen LogP contribution >= 0.6 is 11.3 Å². The van der Waals surface area contributed by atoms with Gasteiger partial charge in [-0.25, -0.2) is 0 Å². The van der Waals surface area contributed by atoms with Crippen LogP contribution in [0, 0.1) is 16.7 Å². The maximum absolute atomic E-state index is 12.4. The highest BCUT2D eigenvalue weighted by molar-refractivity contribution is 7.09. The summed E-state index contributed by atoms with van der Waals surface area (Å²) >= 11 is 1.49. The zero-order chi connectivity index (χ0) is 14.8.